The van der Waals surface area contributed by atoms with Crippen LogP contribution < -0.4 is 0 Å². The van der Waals surface area contributed by atoms with E-state index in [4.69, 9.17) is 0 Å². The fourth-order valence-electron chi connectivity index (χ4n) is 1.24. The highest BCUT2D eigenvalue weighted by Crippen LogP contribution is 2.37. The summed E-state index contributed by atoms with van der Waals surface area (Å²) >= 11 is 6.80. The van der Waals surface area contributed by atoms with Gasteiger partial charge in [0.05, 0.1) is 4.88 Å². The summed E-state index contributed by atoms with van der Waals surface area (Å²) < 4.78 is 1.14. The summed E-state index contributed by atoms with van der Waals surface area (Å²) in [5, 5.41) is 0. The lowest BCUT2D eigenvalue weighted by Crippen LogP contribution is -1.83. The van der Waals surface area contributed by atoms with Crippen LogP contribution >= 0.6 is 38.6 Å². The Kier molecular flexibility index (Phi) is 3.09. The lowest BCUT2D eigenvalue weighted by molar-refractivity contribution is 0.102. The Morgan fingerprint density at radius 1 is 1.27 bits per heavy atom. The fraction of sp³-hybridized carbons (Fsp3) is 0.182. The monoisotopic (exact) mass is 300 g/mol. The molecule has 0 radical (unpaired) electrons. The van der Waals surface area contributed by atoms with Crippen LogP contribution in [0.1, 0.15) is 21.5 Å². The Morgan fingerprint density at radius 3 is 2.47 bits per heavy atom. The van der Waals surface area contributed by atoms with Crippen molar-refractivity contribution in [1.82, 2.24) is 0 Å². The second-order valence-electron chi connectivity index (χ2n) is 3.23. The normalized spacial score (nSPS) is 10.6. The standard InChI is InChI=1S/C11H9BrOS2/c1-6(13)9-3-4-10(15-9)11-5-8(12)7(2)14-11/h3-5H,1-2H3. The van der Waals surface area contributed by atoms with Crippen LogP contribution in [0.15, 0.2) is 22.7 Å². The van der Waals surface area contributed by atoms with Crippen molar-refractivity contribution in [2.45, 2.75) is 13.8 Å². The molecular weight excluding hydrogens is 292 g/mol. The molecule has 2 aromatic heterocycles. The number of ketones is 1. The van der Waals surface area contributed by atoms with E-state index in [0.29, 0.717) is 0 Å². The zero-order chi connectivity index (χ0) is 11.0. The van der Waals surface area contributed by atoms with E-state index in [1.165, 1.54) is 14.6 Å². The SMILES string of the molecule is CC(=O)c1ccc(-c2cc(Br)c(C)s2)s1. The average molecular weight is 301 g/mol. The first-order valence-electron chi connectivity index (χ1n) is 4.45. The summed E-state index contributed by atoms with van der Waals surface area (Å²) in [7, 11) is 0. The van der Waals surface area contributed by atoms with E-state index in [1.54, 1.807) is 29.6 Å². The molecule has 0 bridgehead atoms. The number of carbonyl (C=O) groups is 1. The zero-order valence-electron chi connectivity index (χ0n) is 8.33. The molecule has 0 amide bonds. The van der Waals surface area contributed by atoms with Gasteiger partial charge in [0.25, 0.3) is 0 Å². The van der Waals surface area contributed by atoms with E-state index in [0.717, 1.165) is 9.35 Å². The molecule has 0 aromatic carbocycles. The first-order valence-corrected chi connectivity index (χ1v) is 6.87. The first kappa shape index (κ1) is 11.0. The van der Waals surface area contributed by atoms with Crippen molar-refractivity contribution in [3.8, 4) is 9.75 Å². The molecule has 0 N–H and O–H groups in total. The van der Waals surface area contributed by atoms with Gasteiger partial charge in [-0.25, -0.2) is 0 Å². The van der Waals surface area contributed by atoms with Crippen molar-refractivity contribution in [3.05, 3.63) is 32.4 Å². The Hall–Kier alpha value is -0.450. The minimum absolute atomic E-state index is 0.138. The van der Waals surface area contributed by atoms with Gasteiger partial charge >= 0.3 is 0 Å². The van der Waals surface area contributed by atoms with Gasteiger partial charge in [0.15, 0.2) is 5.78 Å². The molecule has 2 aromatic rings. The molecule has 1 nitrogen and oxygen atoms in total. The molecule has 78 valence electrons. The first-order chi connectivity index (χ1) is 7.08. The van der Waals surface area contributed by atoms with E-state index in [2.05, 4.69) is 28.9 Å². The minimum atomic E-state index is 0.138. The highest BCUT2D eigenvalue weighted by molar-refractivity contribution is 9.10. The molecule has 0 atom stereocenters. The van der Waals surface area contributed by atoms with E-state index in [9.17, 15) is 4.79 Å². The molecule has 15 heavy (non-hydrogen) atoms. The predicted octanol–water partition coefficient (Wildman–Crippen LogP) is 4.75. The number of carbonyl (C=O) groups excluding carboxylic acids is 1. The summed E-state index contributed by atoms with van der Waals surface area (Å²) in [6, 6.07) is 6.01. The number of hydrogen-bond acceptors (Lipinski definition) is 3. The lowest BCUT2D eigenvalue weighted by Gasteiger charge is -1.88. The molecule has 2 heterocycles. The maximum atomic E-state index is 11.2. The molecule has 0 aliphatic rings. The summed E-state index contributed by atoms with van der Waals surface area (Å²) in [5.74, 6) is 0.138. The second kappa shape index (κ2) is 4.20. The van der Waals surface area contributed by atoms with E-state index >= 15 is 0 Å². The summed E-state index contributed by atoms with van der Waals surface area (Å²) in [6.07, 6.45) is 0. The van der Waals surface area contributed by atoms with Crippen LogP contribution in [0.2, 0.25) is 0 Å². The van der Waals surface area contributed by atoms with Crippen molar-refractivity contribution in [1.29, 1.82) is 0 Å². The van der Waals surface area contributed by atoms with Crippen LogP contribution in [-0.2, 0) is 0 Å². The van der Waals surface area contributed by atoms with Crippen molar-refractivity contribution >= 4 is 44.4 Å². The Labute approximate surface area is 105 Å². The number of aryl methyl sites for hydroxylation is 1. The molecule has 0 fully saturated rings. The van der Waals surface area contributed by atoms with Gasteiger partial charge in [-0.2, -0.15) is 0 Å². The van der Waals surface area contributed by atoms with Gasteiger partial charge in [-0.1, -0.05) is 0 Å². The second-order valence-corrected chi connectivity index (χ2v) is 6.43. The Balaban J connectivity index is 2.41. The van der Waals surface area contributed by atoms with E-state index < -0.39 is 0 Å². The van der Waals surface area contributed by atoms with Crippen LogP contribution in [-0.4, -0.2) is 5.78 Å². The molecule has 0 aliphatic carbocycles. The van der Waals surface area contributed by atoms with Gasteiger partial charge in [-0.15, -0.1) is 22.7 Å². The zero-order valence-corrected chi connectivity index (χ0v) is 11.6. The highest BCUT2D eigenvalue weighted by Gasteiger charge is 2.09. The van der Waals surface area contributed by atoms with E-state index in [1.807, 2.05) is 12.1 Å². The molecule has 0 saturated carbocycles. The average Bonchev–Trinajstić information content (AvgIpc) is 2.74. The highest BCUT2D eigenvalue weighted by atomic mass is 79.9. The van der Waals surface area contributed by atoms with E-state index in [-0.39, 0.29) is 5.78 Å². The van der Waals surface area contributed by atoms with Gasteiger partial charge in [-0.3, -0.25) is 4.79 Å². The molecule has 0 aliphatic heterocycles. The van der Waals surface area contributed by atoms with Crippen molar-refractivity contribution < 1.29 is 4.79 Å². The molecular formula is C11H9BrOS2. The number of rotatable bonds is 2. The maximum absolute atomic E-state index is 11.2. The number of halogens is 1. The van der Waals surface area contributed by atoms with Crippen LogP contribution in [0.25, 0.3) is 9.75 Å². The number of thiophene rings is 2. The number of Topliss-reactive ketones (excluding diaryl/α,β-unsaturated/α-hetero) is 1. The van der Waals surface area contributed by atoms with Crippen molar-refractivity contribution in [2.75, 3.05) is 0 Å². The fourth-order valence-corrected chi connectivity index (χ4v) is 3.76. The molecule has 0 saturated heterocycles. The lowest BCUT2D eigenvalue weighted by atomic mass is 10.3. The molecule has 0 spiro atoms. The van der Waals surface area contributed by atoms with Crippen LogP contribution in [0.5, 0.6) is 0 Å². The summed E-state index contributed by atoms with van der Waals surface area (Å²) in [6.45, 7) is 3.68. The third kappa shape index (κ3) is 2.22. The van der Waals surface area contributed by atoms with Crippen LogP contribution in [0.3, 0.4) is 0 Å². The third-order valence-corrected chi connectivity index (χ3v) is 5.57. The van der Waals surface area contributed by atoms with Crippen molar-refractivity contribution in [3.63, 3.8) is 0 Å². The van der Waals surface area contributed by atoms with Gasteiger partial charge < -0.3 is 0 Å². The smallest absolute Gasteiger partial charge is 0.169 e. The molecule has 4 heteroatoms. The Morgan fingerprint density at radius 2 is 2.00 bits per heavy atom. The largest absolute Gasteiger partial charge is 0.294 e. The summed E-state index contributed by atoms with van der Waals surface area (Å²) in [5.41, 5.74) is 0. The van der Waals surface area contributed by atoms with Crippen molar-refractivity contribution in [2.24, 2.45) is 0 Å². The van der Waals surface area contributed by atoms with Gasteiger partial charge in [0.1, 0.15) is 0 Å². The Bertz CT molecular complexity index is 491. The van der Waals surface area contributed by atoms with Crippen LogP contribution in [0.4, 0.5) is 0 Å². The quantitative estimate of drug-likeness (QED) is 0.732. The van der Waals surface area contributed by atoms with Gasteiger partial charge in [0.2, 0.25) is 0 Å². The third-order valence-electron chi connectivity index (χ3n) is 2.05. The predicted molar refractivity (Wildman–Crippen MR) is 70.1 cm³/mol. The topological polar surface area (TPSA) is 17.1 Å². The maximum Gasteiger partial charge on any atom is 0.169 e. The van der Waals surface area contributed by atoms with Gasteiger partial charge in [0, 0.05) is 19.1 Å². The molecule has 2 rings (SSSR count). The molecule has 0 unspecified atom stereocenters. The van der Waals surface area contributed by atoms with Gasteiger partial charge in [-0.05, 0) is 48.0 Å². The number of hydrogen-bond donors (Lipinski definition) is 0. The van der Waals surface area contributed by atoms with Crippen LogP contribution in [0, 0.1) is 6.92 Å². The summed E-state index contributed by atoms with van der Waals surface area (Å²) in [4.78, 5) is 15.6. The minimum Gasteiger partial charge on any atom is -0.294 e.